The van der Waals surface area contributed by atoms with Crippen LogP contribution in [0.25, 0.3) is 0 Å². The Labute approximate surface area is 132 Å². The zero-order valence-corrected chi connectivity index (χ0v) is 13.9. The molecule has 2 unspecified atom stereocenters. The first-order valence-corrected chi connectivity index (χ1v) is 8.46. The van der Waals surface area contributed by atoms with Crippen LogP contribution in [0.5, 0.6) is 0 Å². The molecule has 4 nitrogen and oxygen atoms in total. The smallest absolute Gasteiger partial charge is 0.326 e. The Morgan fingerprint density at radius 2 is 2.45 bits per heavy atom. The first-order chi connectivity index (χ1) is 9.56. The average molecular weight is 359 g/mol. The van der Waals surface area contributed by atoms with Crippen LogP contribution in [0.3, 0.4) is 0 Å². The van der Waals surface area contributed by atoms with E-state index >= 15 is 0 Å². The molecule has 2 N–H and O–H groups in total. The second-order valence-corrected chi connectivity index (χ2v) is 7.10. The van der Waals surface area contributed by atoms with Crippen LogP contribution in [0.15, 0.2) is 27.8 Å². The zero-order valence-electron chi connectivity index (χ0n) is 11.5. The molecule has 20 heavy (non-hydrogen) atoms. The van der Waals surface area contributed by atoms with Gasteiger partial charge in [-0.1, -0.05) is 6.42 Å². The van der Waals surface area contributed by atoms with Crippen LogP contribution in [0.2, 0.25) is 0 Å². The van der Waals surface area contributed by atoms with E-state index in [0.29, 0.717) is 0 Å². The van der Waals surface area contributed by atoms with E-state index in [1.165, 1.54) is 7.11 Å². The molecule has 1 aromatic heterocycles. The Balaban J connectivity index is 1.87. The van der Waals surface area contributed by atoms with Gasteiger partial charge in [0.05, 0.1) is 12.1 Å². The standard InChI is InChI=1S/C14H19BrN2O2S/c1-19-13(18)14(16)7-2-3-10(14)6-8-20-12-5-4-11(15)9-17-12/h4-5,9-10H,2-3,6-8,16H2,1H3. The second kappa shape index (κ2) is 6.91. The van der Waals surface area contributed by atoms with Gasteiger partial charge in [0.2, 0.25) is 0 Å². The fraction of sp³-hybridized carbons (Fsp3) is 0.571. The highest BCUT2D eigenvalue weighted by Crippen LogP contribution is 2.38. The minimum absolute atomic E-state index is 0.206. The SMILES string of the molecule is COC(=O)C1(N)CCCC1CCSc1ccc(Br)cn1. The molecule has 2 atom stereocenters. The van der Waals surface area contributed by atoms with Gasteiger partial charge >= 0.3 is 5.97 Å². The van der Waals surface area contributed by atoms with E-state index in [1.54, 1.807) is 18.0 Å². The molecule has 1 heterocycles. The van der Waals surface area contributed by atoms with Crippen molar-refractivity contribution in [1.29, 1.82) is 0 Å². The van der Waals surface area contributed by atoms with E-state index in [1.807, 2.05) is 12.1 Å². The molecule has 6 heteroatoms. The van der Waals surface area contributed by atoms with Crippen LogP contribution < -0.4 is 5.73 Å². The van der Waals surface area contributed by atoms with Crippen molar-refractivity contribution in [3.05, 3.63) is 22.8 Å². The number of ether oxygens (including phenoxy) is 1. The number of hydrogen-bond donors (Lipinski definition) is 1. The minimum atomic E-state index is -0.789. The molecular weight excluding hydrogens is 340 g/mol. The minimum Gasteiger partial charge on any atom is -0.468 e. The molecule has 0 bridgehead atoms. The molecule has 1 fully saturated rings. The maximum atomic E-state index is 11.8. The number of carbonyl (C=O) groups excluding carboxylic acids is 1. The number of aromatic nitrogens is 1. The number of nitrogens with zero attached hydrogens (tertiary/aromatic N) is 1. The summed E-state index contributed by atoms with van der Waals surface area (Å²) in [5.74, 6) is 0.847. The van der Waals surface area contributed by atoms with Crippen molar-refractivity contribution in [1.82, 2.24) is 4.98 Å². The molecule has 0 aromatic carbocycles. The lowest BCUT2D eigenvalue weighted by Gasteiger charge is -2.28. The fourth-order valence-corrected chi connectivity index (χ4v) is 3.85. The lowest BCUT2D eigenvalue weighted by Crippen LogP contribution is -2.51. The van der Waals surface area contributed by atoms with Crippen LogP contribution in [0.1, 0.15) is 25.7 Å². The monoisotopic (exact) mass is 358 g/mol. The number of halogens is 1. The van der Waals surface area contributed by atoms with E-state index in [0.717, 1.165) is 40.9 Å². The first kappa shape index (κ1) is 15.8. The van der Waals surface area contributed by atoms with Crippen molar-refractivity contribution in [2.45, 2.75) is 36.2 Å². The van der Waals surface area contributed by atoms with Gasteiger partial charge in [-0.15, -0.1) is 11.8 Å². The number of carbonyl (C=O) groups is 1. The molecular formula is C14H19BrN2O2S. The Bertz CT molecular complexity index is 469. The van der Waals surface area contributed by atoms with Crippen molar-refractivity contribution in [3.63, 3.8) is 0 Å². The Kier molecular flexibility index (Phi) is 5.46. The highest BCUT2D eigenvalue weighted by molar-refractivity contribution is 9.10. The summed E-state index contributed by atoms with van der Waals surface area (Å²) < 4.78 is 5.83. The van der Waals surface area contributed by atoms with Gasteiger partial charge in [-0.3, -0.25) is 4.79 Å². The number of pyridine rings is 1. The summed E-state index contributed by atoms with van der Waals surface area (Å²) >= 11 is 5.06. The van der Waals surface area contributed by atoms with Crippen molar-refractivity contribution >= 4 is 33.7 Å². The van der Waals surface area contributed by atoms with Crippen LogP contribution in [0, 0.1) is 5.92 Å². The van der Waals surface area contributed by atoms with Crippen LogP contribution in [-0.2, 0) is 9.53 Å². The van der Waals surface area contributed by atoms with Crippen LogP contribution in [0.4, 0.5) is 0 Å². The molecule has 0 aliphatic heterocycles. The quantitative estimate of drug-likeness (QED) is 0.647. The van der Waals surface area contributed by atoms with E-state index in [9.17, 15) is 4.79 Å². The maximum absolute atomic E-state index is 11.8. The third-order valence-electron chi connectivity index (χ3n) is 3.85. The second-order valence-electron chi connectivity index (χ2n) is 5.07. The lowest BCUT2D eigenvalue weighted by molar-refractivity contribution is -0.148. The molecule has 1 aliphatic rings. The highest BCUT2D eigenvalue weighted by atomic mass is 79.9. The Hall–Kier alpha value is -0.590. The molecule has 0 amide bonds. The summed E-state index contributed by atoms with van der Waals surface area (Å²) in [6.07, 6.45) is 5.43. The number of rotatable bonds is 5. The van der Waals surface area contributed by atoms with Crippen LogP contribution >= 0.6 is 27.7 Å². The zero-order chi connectivity index (χ0) is 14.6. The largest absolute Gasteiger partial charge is 0.468 e. The van der Waals surface area contributed by atoms with Gasteiger partial charge in [0.1, 0.15) is 5.54 Å². The fourth-order valence-electron chi connectivity index (χ4n) is 2.72. The summed E-state index contributed by atoms with van der Waals surface area (Å²) in [7, 11) is 1.41. The predicted molar refractivity (Wildman–Crippen MR) is 83.6 cm³/mol. The van der Waals surface area contributed by atoms with Crippen molar-refractivity contribution < 1.29 is 9.53 Å². The lowest BCUT2D eigenvalue weighted by atomic mass is 9.86. The van der Waals surface area contributed by atoms with E-state index in [4.69, 9.17) is 10.5 Å². The van der Waals surface area contributed by atoms with Gasteiger partial charge in [0, 0.05) is 10.7 Å². The summed E-state index contributed by atoms with van der Waals surface area (Å²) in [6, 6.07) is 3.96. The molecule has 0 spiro atoms. The summed E-state index contributed by atoms with van der Waals surface area (Å²) in [6.45, 7) is 0. The van der Waals surface area contributed by atoms with Gasteiger partial charge in [0.15, 0.2) is 0 Å². The molecule has 0 saturated heterocycles. The van der Waals surface area contributed by atoms with Gasteiger partial charge < -0.3 is 10.5 Å². The number of methoxy groups -OCH3 is 1. The van der Waals surface area contributed by atoms with E-state index < -0.39 is 5.54 Å². The Morgan fingerprint density at radius 3 is 3.10 bits per heavy atom. The molecule has 1 aliphatic carbocycles. The number of thioether (sulfide) groups is 1. The molecule has 2 rings (SSSR count). The summed E-state index contributed by atoms with van der Waals surface area (Å²) in [5, 5.41) is 0.992. The van der Waals surface area contributed by atoms with Gasteiger partial charge in [-0.05, 0) is 59.0 Å². The van der Waals surface area contributed by atoms with E-state index in [2.05, 4.69) is 20.9 Å². The number of esters is 1. The molecule has 1 aromatic rings. The maximum Gasteiger partial charge on any atom is 0.326 e. The van der Waals surface area contributed by atoms with Crippen LogP contribution in [-0.4, -0.2) is 29.4 Å². The van der Waals surface area contributed by atoms with Crippen molar-refractivity contribution in [2.75, 3.05) is 12.9 Å². The van der Waals surface area contributed by atoms with Crippen molar-refractivity contribution in [3.8, 4) is 0 Å². The predicted octanol–water partition coefficient (Wildman–Crippen LogP) is 3.00. The topological polar surface area (TPSA) is 65.2 Å². The number of nitrogens with two attached hydrogens (primary N) is 1. The number of hydrogen-bond acceptors (Lipinski definition) is 5. The van der Waals surface area contributed by atoms with Gasteiger partial charge in [-0.25, -0.2) is 4.98 Å². The van der Waals surface area contributed by atoms with Gasteiger partial charge in [0.25, 0.3) is 0 Å². The van der Waals surface area contributed by atoms with Crippen molar-refractivity contribution in [2.24, 2.45) is 11.7 Å². The summed E-state index contributed by atoms with van der Waals surface area (Å²) in [4.78, 5) is 16.2. The molecule has 0 radical (unpaired) electrons. The highest BCUT2D eigenvalue weighted by Gasteiger charge is 2.46. The average Bonchev–Trinajstić information content (AvgIpc) is 2.83. The molecule has 110 valence electrons. The third kappa shape index (κ3) is 3.54. The normalized spacial score (nSPS) is 25.6. The molecule has 1 saturated carbocycles. The van der Waals surface area contributed by atoms with E-state index in [-0.39, 0.29) is 11.9 Å². The third-order valence-corrected chi connectivity index (χ3v) is 5.30. The summed E-state index contributed by atoms with van der Waals surface area (Å²) in [5.41, 5.74) is 5.46. The first-order valence-electron chi connectivity index (χ1n) is 6.68. The van der Waals surface area contributed by atoms with Gasteiger partial charge in [-0.2, -0.15) is 0 Å². The Morgan fingerprint density at radius 1 is 1.65 bits per heavy atom.